The van der Waals surface area contributed by atoms with E-state index < -0.39 is 0 Å². The van der Waals surface area contributed by atoms with Crippen molar-refractivity contribution < 1.29 is 0 Å². The molecule has 1 unspecified atom stereocenters. The van der Waals surface area contributed by atoms with Crippen molar-refractivity contribution in [1.82, 2.24) is 0 Å². The molecular formula is C11H12Cl2N2S. The number of halogens is 2. The number of nitrogens with zero attached hydrogens (tertiary/aromatic N) is 1. The van der Waals surface area contributed by atoms with E-state index in [9.17, 15) is 0 Å². The van der Waals surface area contributed by atoms with Crippen molar-refractivity contribution in [3.63, 3.8) is 0 Å². The molecule has 0 radical (unpaired) electrons. The summed E-state index contributed by atoms with van der Waals surface area (Å²) in [4.78, 5) is 4.52. The topological polar surface area (TPSA) is 24.4 Å². The minimum atomic E-state index is 0.384. The highest BCUT2D eigenvalue weighted by atomic mass is 35.5. The molecular weight excluding hydrogens is 263 g/mol. The van der Waals surface area contributed by atoms with Crippen LogP contribution in [0.15, 0.2) is 23.2 Å². The van der Waals surface area contributed by atoms with Crippen molar-refractivity contribution in [1.29, 1.82) is 0 Å². The molecule has 1 atom stereocenters. The van der Waals surface area contributed by atoms with Crippen LogP contribution < -0.4 is 5.32 Å². The number of benzene rings is 1. The van der Waals surface area contributed by atoms with E-state index in [0.717, 1.165) is 23.0 Å². The monoisotopic (exact) mass is 274 g/mol. The van der Waals surface area contributed by atoms with Crippen molar-refractivity contribution >= 4 is 45.8 Å². The molecule has 16 heavy (non-hydrogen) atoms. The lowest BCUT2D eigenvalue weighted by atomic mass is 10.3. The van der Waals surface area contributed by atoms with Gasteiger partial charge in [-0.25, -0.2) is 0 Å². The summed E-state index contributed by atoms with van der Waals surface area (Å²) in [5.74, 6) is 1.10. The van der Waals surface area contributed by atoms with Gasteiger partial charge in [0.05, 0.1) is 16.8 Å². The van der Waals surface area contributed by atoms with Gasteiger partial charge < -0.3 is 5.32 Å². The molecule has 1 aliphatic heterocycles. The van der Waals surface area contributed by atoms with Crippen LogP contribution in [0.2, 0.25) is 10.0 Å². The number of amidine groups is 1. The van der Waals surface area contributed by atoms with Crippen LogP contribution in [0.4, 0.5) is 5.69 Å². The fraction of sp³-hybridized carbons (Fsp3) is 0.364. The number of aliphatic imine (C=N–C) groups is 1. The molecule has 0 aromatic heterocycles. The normalized spacial score (nSPS) is 20.4. The van der Waals surface area contributed by atoms with Gasteiger partial charge in [0.2, 0.25) is 0 Å². The zero-order chi connectivity index (χ0) is 11.5. The van der Waals surface area contributed by atoms with Crippen molar-refractivity contribution in [2.75, 3.05) is 11.1 Å². The number of anilines is 1. The first kappa shape index (κ1) is 12.1. The molecule has 0 spiro atoms. The molecule has 0 amide bonds. The fourth-order valence-corrected chi connectivity index (χ4v) is 2.95. The summed E-state index contributed by atoms with van der Waals surface area (Å²) in [7, 11) is 0. The van der Waals surface area contributed by atoms with E-state index in [2.05, 4.69) is 17.2 Å². The molecule has 1 N–H and O–H groups in total. The number of nitrogens with one attached hydrogen (secondary N) is 1. The summed E-state index contributed by atoms with van der Waals surface area (Å²) >= 11 is 13.6. The van der Waals surface area contributed by atoms with Gasteiger partial charge >= 0.3 is 0 Å². The number of thioether (sulfide) groups is 1. The minimum Gasteiger partial charge on any atom is -0.334 e. The van der Waals surface area contributed by atoms with Crippen LogP contribution in [0, 0.1) is 0 Å². The smallest absolute Gasteiger partial charge is 0.161 e. The first-order valence-electron chi connectivity index (χ1n) is 5.08. The molecule has 0 saturated heterocycles. The second kappa shape index (κ2) is 5.30. The highest BCUT2D eigenvalue weighted by Gasteiger charge is 2.12. The van der Waals surface area contributed by atoms with E-state index in [1.165, 1.54) is 0 Å². The molecule has 5 heteroatoms. The average molecular weight is 275 g/mol. The molecule has 1 aromatic carbocycles. The molecule has 0 aliphatic carbocycles. The molecule has 2 rings (SSSR count). The van der Waals surface area contributed by atoms with Gasteiger partial charge in [0, 0.05) is 10.8 Å². The van der Waals surface area contributed by atoms with Gasteiger partial charge in [0.15, 0.2) is 5.17 Å². The summed E-state index contributed by atoms with van der Waals surface area (Å²) in [6, 6.07) is 5.79. The molecule has 1 aromatic rings. The minimum absolute atomic E-state index is 0.384. The van der Waals surface area contributed by atoms with Crippen LogP contribution in [0.25, 0.3) is 0 Å². The van der Waals surface area contributed by atoms with Gasteiger partial charge in [-0.05, 0) is 31.5 Å². The Balaban J connectivity index is 2.14. The highest BCUT2D eigenvalue weighted by Crippen LogP contribution is 2.27. The summed E-state index contributed by atoms with van der Waals surface area (Å²) in [6.07, 6.45) is 1.13. The lowest BCUT2D eigenvalue weighted by Crippen LogP contribution is -2.18. The number of hydrogen-bond acceptors (Lipinski definition) is 3. The summed E-state index contributed by atoms with van der Waals surface area (Å²) in [5, 5.41) is 5.42. The summed E-state index contributed by atoms with van der Waals surface area (Å²) in [6.45, 7) is 2.12. The zero-order valence-corrected chi connectivity index (χ0v) is 11.2. The lowest BCUT2D eigenvalue weighted by Gasteiger charge is -2.18. The second-order valence-electron chi connectivity index (χ2n) is 3.67. The van der Waals surface area contributed by atoms with E-state index in [4.69, 9.17) is 23.2 Å². The van der Waals surface area contributed by atoms with Gasteiger partial charge in [-0.15, -0.1) is 0 Å². The van der Waals surface area contributed by atoms with Crippen molar-refractivity contribution in [2.45, 2.75) is 19.4 Å². The molecule has 86 valence electrons. The van der Waals surface area contributed by atoms with Crippen LogP contribution in [0.1, 0.15) is 13.3 Å². The Hall–Kier alpha value is -0.380. The van der Waals surface area contributed by atoms with E-state index in [1.807, 2.05) is 12.1 Å². The second-order valence-corrected chi connectivity index (χ2v) is 5.60. The standard InChI is InChI=1S/C11H12Cl2N2S/c1-7-4-5-16-11(14-7)15-10-3-2-8(12)6-9(10)13/h2-3,6-7H,4-5H2,1H3,(H,14,15). The van der Waals surface area contributed by atoms with Crippen LogP contribution in [0.5, 0.6) is 0 Å². The Kier molecular flexibility index (Phi) is 4.00. The Bertz CT molecular complexity index is 420. The van der Waals surface area contributed by atoms with Crippen molar-refractivity contribution in [2.24, 2.45) is 4.99 Å². The van der Waals surface area contributed by atoms with Gasteiger partial charge in [-0.1, -0.05) is 35.0 Å². The van der Waals surface area contributed by atoms with Crippen LogP contribution in [-0.4, -0.2) is 17.0 Å². The summed E-state index contributed by atoms with van der Waals surface area (Å²) < 4.78 is 0. The van der Waals surface area contributed by atoms with Crippen LogP contribution >= 0.6 is 35.0 Å². The van der Waals surface area contributed by atoms with Gasteiger partial charge in [0.1, 0.15) is 0 Å². The van der Waals surface area contributed by atoms with Crippen LogP contribution in [-0.2, 0) is 0 Å². The van der Waals surface area contributed by atoms with Crippen LogP contribution in [0.3, 0.4) is 0 Å². The zero-order valence-electron chi connectivity index (χ0n) is 8.84. The number of rotatable bonds is 1. The van der Waals surface area contributed by atoms with Gasteiger partial charge in [-0.3, -0.25) is 4.99 Å². The largest absolute Gasteiger partial charge is 0.334 e. The van der Waals surface area contributed by atoms with Gasteiger partial charge in [-0.2, -0.15) is 0 Å². The van der Waals surface area contributed by atoms with Crippen molar-refractivity contribution in [3.05, 3.63) is 28.2 Å². The third kappa shape index (κ3) is 3.06. The van der Waals surface area contributed by atoms with E-state index in [-0.39, 0.29) is 0 Å². The molecule has 2 nitrogen and oxygen atoms in total. The average Bonchev–Trinajstić information content (AvgIpc) is 2.22. The first-order chi connectivity index (χ1) is 7.65. The summed E-state index contributed by atoms with van der Waals surface area (Å²) in [5.41, 5.74) is 0.853. The molecule has 1 heterocycles. The first-order valence-corrected chi connectivity index (χ1v) is 6.82. The number of hydrogen-bond donors (Lipinski definition) is 1. The lowest BCUT2D eigenvalue weighted by molar-refractivity contribution is 0.720. The van der Waals surface area contributed by atoms with Crippen molar-refractivity contribution in [3.8, 4) is 0 Å². The highest BCUT2D eigenvalue weighted by molar-refractivity contribution is 8.14. The predicted molar refractivity (Wildman–Crippen MR) is 74.1 cm³/mol. The van der Waals surface area contributed by atoms with E-state index in [0.29, 0.717) is 16.1 Å². The molecule has 0 bridgehead atoms. The Morgan fingerprint density at radius 2 is 2.25 bits per heavy atom. The SMILES string of the molecule is CC1CCSC(Nc2ccc(Cl)cc2Cl)=N1. The fourth-order valence-electron chi connectivity index (χ4n) is 1.40. The van der Waals surface area contributed by atoms with Gasteiger partial charge in [0.25, 0.3) is 0 Å². The Morgan fingerprint density at radius 3 is 2.94 bits per heavy atom. The molecule has 0 fully saturated rings. The third-order valence-electron chi connectivity index (χ3n) is 2.28. The molecule has 0 saturated carbocycles. The quantitative estimate of drug-likeness (QED) is 0.827. The Morgan fingerprint density at radius 1 is 1.44 bits per heavy atom. The maximum Gasteiger partial charge on any atom is 0.161 e. The van der Waals surface area contributed by atoms with E-state index in [1.54, 1.807) is 17.8 Å². The Labute approximate surface area is 109 Å². The molecule has 1 aliphatic rings. The predicted octanol–water partition coefficient (Wildman–Crippen LogP) is 4.29. The van der Waals surface area contributed by atoms with E-state index >= 15 is 0 Å². The maximum absolute atomic E-state index is 6.07. The third-order valence-corrected chi connectivity index (χ3v) is 3.75. The maximum atomic E-state index is 6.07.